The average Bonchev–Trinajstić information content (AvgIpc) is 2.18. The highest BCUT2D eigenvalue weighted by Crippen LogP contribution is 2.10. The van der Waals surface area contributed by atoms with E-state index in [9.17, 15) is 4.79 Å². The van der Waals surface area contributed by atoms with Crippen LogP contribution in [-0.2, 0) is 4.74 Å². The molecule has 5 heteroatoms. The summed E-state index contributed by atoms with van der Waals surface area (Å²) in [5.74, 6) is -0.165. The Balaban J connectivity index is 2.82. The zero-order valence-corrected chi connectivity index (χ0v) is 7.06. The van der Waals surface area contributed by atoms with Crippen molar-refractivity contribution < 1.29 is 19.4 Å². The number of nitrogens with zero attached hydrogens (tertiary/aromatic N) is 1. The third-order valence-electron chi connectivity index (χ3n) is 1.37. The van der Waals surface area contributed by atoms with Crippen LogP contribution in [0.3, 0.4) is 0 Å². The van der Waals surface area contributed by atoms with E-state index in [1.807, 2.05) is 0 Å². The number of methoxy groups -OCH3 is 1. The molecule has 70 valence electrons. The van der Waals surface area contributed by atoms with Crippen LogP contribution >= 0.6 is 0 Å². The van der Waals surface area contributed by atoms with Crippen LogP contribution in [0.5, 0.6) is 5.75 Å². The number of esters is 1. The highest BCUT2D eigenvalue weighted by Gasteiger charge is 2.08. The van der Waals surface area contributed by atoms with Crippen LogP contribution < -0.4 is 4.74 Å². The van der Waals surface area contributed by atoms with Gasteiger partial charge in [0, 0.05) is 12.3 Å². The fraction of sp³-hybridized carbons (Fsp3) is 0.250. The molecule has 0 aromatic carbocycles. The Morgan fingerprint density at radius 2 is 2.46 bits per heavy atom. The molecule has 0 atom stereocenters. The van der Waals surface area contributed by atoms with Gasteiger partial charge in [0.1, 0.15) is 5.75 Å². The number of pyridine rings is 1. The summed E-state index contributed by atoms with van der Waals surface area (Å²) >= 11 is 0. The van der Waals surface area contributed by atoms with E-state index in [2.05, 4.69) is 9.72 Å². The van der Waals surface area contributed by atoms with Crippen LogP contribution in [0.1, 0.15) is 10.5 Å². The second-order valence-electron chi connectivity index (χ2n) is 2.14. The Labute approximate surface area is 74.9 Å². The first-order valence-corrected chi connectivity index (χ1v) is 3.56. The SMILES string of the molecule is COc1ccnc(C(=O)OCO)c1. The Morgan fingerprint density at radius 1 is 1.69 bits per heavy atom. The molecule has 0 aliphatic heterocycles. The highest BCUT2D eigenvalue weighted by molar-refractivity contribution is 5.87. The minimum Gasteiger partial charge on any atom is -0.497 e. The number of hydrogen-bond acceptors (Lipinski definition) is 5. The molecule has 0 unspecified atom stereocenters. The summed E-state index contributed by atoms with van der Waals surface area (Å²) in [4.78, 5) is 14.8. The van der Waals surface area contributed by atoms with E-state index in [1.165, 1.54) is 19.4 Å². The van der Waals surface area contributed by atoms with Gasteiger partial charge in [-0.3, -0.25) is 0 Å². The molecule has 1 heterocycles. The highest BCUT2D eigenvalue weighted by atomic mass is 16.6. The predicted molar refractivity (Wildman–Crippen MR) is 43.3 cm³/mol. The van der Waals surface area contributed by atoms with Gasteiger partial charge < -0.3 is 14.6 Å². The topological polar surface area (TPSA) is 68.7 Å². The fourth-order valence-electron chi connectivity index (χ4n) is 0.782. The minimum atomic E-state index is -0.679. The zero-order valence-electron chi connectivity index (χ0n) is 7.06. The second-order valence-corrected chi connectivity index (χ2v) is 2.14. The number of carbonyl (C=O) groups is 1. The van der Waals surface area contributed by atoms with Gasteiger partial charge in [-0.05, 0) is 6.07 Å². The number of rotatable bonds is 3. The standard InChI is InChI=1S/C8H9NO4/c1-12-6-2-3-9-7(4-6)8(11)13-5-10/h2-4,10H,5H2,1H3. The maximum Gasteiger partial charge on any atom is 0.359 e. The summed E-state index contributed by atoms with van der Waals surface area (Å²) in [6.07, 6.45) is 1.42. The molecule has 0 saturated carbocycles. The smallest absolute Gasteiger partial charge is 0.359 e. The lowest BCUT2D eigenvalue weighted by atomic mass is 10.3. The van der Waals surface area contributed by atoms with E-state index in [0.717, 1.165) is 0 Å². The first-order valence-electron chi connectivity index (χ1n) is 3.56. The van der Waals surface area contributed by atoms with Crippen LogP contribution in [0.4, 0.5) is 0 Å². The molecule has 0 fully saturated rings. The Bertz CT molecular complexity index is 300. The molecular weight excluding hydrogens is 174 g/mol. The van der Waals surface area contributed by atoms with Gasteiger partial charge in [-0.25, -0.2) is 9.78 Å². The number of ether oxygens (including phenoxy) is 2. The molecular formula is C8H9NO4. The van der Waals surface area contributed by atoms with Crippen LogP contribution in [0, 0.1) is 0 Å². The summed E-state index contributed by atoms with van der Waals surface area (Å²) in [5.41, 5.74) is 0.105. The second kappa shape index (κ2) is 4.42. The van der Waals surface area contributed by atoms with Crippen molar-refractivity contribution in [2.75, 3.05) is 13.9 Å². The quantitative estimate of drug-likeness (QED) is 0.535. The fourth-order valence-corrected chi connectivity index (χ4v) is 0.782. The van der Waals surface area contributed by atoms with E-state index < -0.39 is 12.8 Å². The Hall–Kier alpha value is -1.62. The van der Waals surface area contributed by atoms with Crippen molar-refractivity contribution in [3.8, 4) is 5.75 Å². The molecule has 0 radical (unpaired) electrons. The van der Waals surface area contributed by atoms with Gasteiger partial charge >= 0.3 is 5.97 Å². The van der Waals surface area contributed by atoms with E-state index in [1.54, 1.807) is 6.07 Å². The van der Waals surface area contributed by atoms with Crippen molar-refractivity contribution in [2.24, 2.45) is 0 Å². The van der Waals surface area contributed by atoms with Gasteiger partial charge in [-0.1, -0.05) is 0 Å². The van der Waals surface area contributed by atoms with Crippen molar-refractivity contribution in [3.05, 3.63) is 24.0 Å². The minimum absolute atomic E-state index is 0.105. The normalized spacial score (nSPS) is 9.38. The third kappa shape index (κ3) is 2.41. The van der Waals surface area contributed by atoms with Gasteiger partial charge in [-0.15, -0.1) is 0 Å². The Morgan fingerprint density at radius 3 is 3.08 bits per heavy atom. The molecule has 1 N–H and O–H groups in total. The summed E-state index contributed by atoms with van der Waals surface area (Å²) < 4.78 is 9.20. The first-order chi connectivity index (χ1) is 6.27. The van der Waals surface area contributed by atoms with Crippen molar-refractivity contribution in [1.82, 2.24) is 4.98 Å². The molecule has 1 aromatic rings. The molecule has 13 heavy (non-hydrogen) atoms. The van der Waals surface area contributed by atoms with Crippen LogP contribution in [0.2, 0.25) is 0 Å². The maximum absolute atomic E-state index is 11.0. The largest absolute Gasteiger partial charge is 0.497 e. The predicted octanol–water partition coefficient (Wildman–Crippen LogP) is 0.197. The van der Waals surface area contributed by atoms with E-state index >= 15 is 0 Å². The third-order valence-corrected chi connectivity index (χ3v) is 1.37. The molecule has 0 aliphatic rings. The zero-order chi connectivity index (χ0) is 9.68. The van der Waals surface area contributed by atoms with E-state index in [4.69, 9.17) is 9.84 Å². The number of aromatic nitrogens is 1. The summed E-state index contributed by atoms with van der Waals surface area (Å²) in [6, 6.07) is 3.04. The molecule has 0 amide bonds. The van der Waals surface area contributed by atoms with Crippen LogP contribution in [0.15, 0.2) is 18.3 Å². The molecule has 1 rings (SSSR count). The van der Waals surface area contributed by atoms with E-state index in [-0.39, 0.29) is 5.69 Å². The first kappa shape index (κ1) is 9.47. The molecule has 1 aromatic heterocycles. The molecule has 5 nitrogen and oxygen atoms in total. The van der Waals surface area contributed by atoms with Gasteiger partial charge in [0.05, 0.1) is 7.11 Å². The number of aliphatic hydroxyl groups excluding tert-OH is 1. The molecule has 0 aliphatic carbocycles. The van der Waals surface area contributed by atoms with Gasteiger partial charge in [0.25, 0.3) is 0 Å². The number of aliphatic hydroxyl groups is 1. The molecule has 0 saturated heterocycles. The van der Waals surface area contributed by atoms with Crippen molar-refractivity contribution >= 4 is 5.97 Å². The average molecular weight is 183 g/mol. The lowest BCUT2D eigenvalue weighted by molar-refractivity contribution is 0.00620. The molecule has 0 bridgehead atoms. The van der Waals surface area contributed by atoms with Crippen molar-refractivity contribution in [1.29, 1.82) is 0 Å². The van der Waals surface area contributed by atoms with Crippen molar-refractivity contribution in [2.45, 2.75) is 0 Å². The van der Waals surface area contributed by atoms with Crippen LogP contribution in [-0.4, -0.2) is 30.0 Å². The Kier molecular flexibility index (Phi) is 3.22. The lowest BCUT2D eigenvalue weighted by Gasteiger charge is -2.02. The lowest BCUT2D eigenvalue weighted by Crippen LogP contribution is -2.07. The van der Waals surface area contributed by atoms with Gasteiger partial charge in [-0.2, -0.15) is 0 Å². The van der Waals surface area contributed by atoms with Gasteiger partial charge in [0.2, 0.25) is 0 Å². The molecule has 0 spiro atoms. The summed E-state index contributed by atoms with van der Waals surface area (Å²) in [6.45, 7) is -0.655. The monoisotopic (exact) mass is 183 g/mol. The number of carbonyl (C=O) groups excluding carboxylic acids is 1. The summed E-state index contributed by atoms with van der Waals surface area (Å²) in [7, 11) is 1.48. The maximum atomic E-state index is 11.0. The van der Waals surface area contributed by atoms with Gasteiger partial charge in [0.15, 0.2) is 12.5 Å². The van der Waals surface area contributed by atoms with E-state index in [0.29, 0.717) is 5.75 Å². The number of hydrogen-bond donors (Lipinski definition) is 1. The summed E-state index contributed by atoms with van der Waals surface area (Å²) in [5, 5.41) is 8.32. The van der Waals surface area contributed by atoms with Crippen LogP contribution in [0.25, 0.3) is 0 Å². The van der Waals surface area contributed by atoms with Crippen molar-refractivity contribution in [3.63, 3.8) is 0 Å².